The van der Waals surface area contributed by atoms with E-state index in [1.165, 1.54) is 0 Å². The van der Waals surface area contributed by atoms with E-state index < -0.39 is 5.82 Å². The van der Waals surface area contributed by atoms with E-state index in [-0.39, 0.29) is 29.1 Å². The number of hydrogen-bond donors (Lipinski definition) is 3. The molecule has 4 rings (SSSR count). The van der Waals surface area contributed by atoms with Gasteiger partial charge in [0.1, 0.15) is 5.69 Å². The predicted octanol–water partition coefficient (Wildman–Crippen LogP) is 3.09. The number of nitrogens with zero attached hydrogens (tertiary/aromatic N) is 2. The Morgan fingerprint density at radius 1 is 1.13 bits per heavy atom. The maximum atomic E-state index is 14.5. The molecule has 1 saturated carbocycles. The Bertz CT molecular complexity index is 1120. The lowest BCUT2D eigenvalue weighted by molar-refractivity contribution is -0.122. The number of nitrogens with two attached hydrogens (primary N) is 1. The zero-order valence-electron chi connectivity index (χ0n) is 16.3. The van der Waals surface area contributed by atoms with E-state index in [2.05, 4.69) is 20.3 Å². The van der Waals surface area contributed by atoms with Crippen LogP contribution < -0.4 is 16.6 Å². The number of halogens is 1. The summed E-state index contributed by atoms with van der Waals surface area (Å²) in [6, 6.07) is 10.6. The minimum atomic E-state index is -0.544. The molecule has 0 bridgehead atoms. The van der Waals surface area contributed by atoms with Crippen LogP contribution >= 0.6 is 0 Å². The van der Waals surface area contributed by atoms with Gasteiger partial charge in [-0.15, -0.1) is 0 Å². The van der Waals surface area contributed by atoms with Gasteiger partial charge in [-0.1, -0.05) is 18.2 Å². The number of carbonyl (C=O) groups excluding carboxylic acids is 1. The van der Waals surface area contributed by atoms with Crippen molar-refractivity contribution in [3.8, 4) is 22.4 Å². The summed E-state index contributed by atoms with van der Waals surface area (Å²) in [5.41, 5.74) is 7.05. The maximum Gasteiger partial charge on any atom is 0.255 e. The minimum absolute atomic E-state index is 0.0865. The van der Waals surface area contributed by atoms with Crippen LogP contribution in [0.5, 0.6) is 0 Å². The monoisotopic (exact) mass is 407 g/mol. The molecule has 1 amide bonds. The van der Waals surface area contributed by atoms with Gasteiger partial charge in [-0.3, -0.25) is 9.59 Å². The van der Waals surface area contributed by atoms with Crippen LogP contribution in [0.25, 0.3) is 22.4 Å². The van der Waals surface area contributed by atoms with Crippen molar-refractivity contribution in [1.82, 2.24) is 15.0 Å². The summed E-state index contributed by atoms with van der Waals surface area (Å²) >= 11 is 0. The van der Waals surface area contributed by atoms with Crippen molar-refractivity contribution in [3.05, 3.63) is 65.0 Å². The summed E-state index contributed by atoms with van der Waals surface area (Å²) in [6.07, 6.45) is 5.69. The van der Waals surface area contributed by atoms with Crippen LogP contribution in [0.4, 0.5) is 10.3 Å². The number of carbonyl (C=O) groups is 1. The summed E-state index contributed by atoms with van der Waals surface area (Å²) in [5, 5.41) is 3.24. The smallest absolute Gasteiger partial charge is 0.255 e. The molecular formula is C22H22FN5O2. The highest BCUT2D eigenvalue weighted by Crippen LogP contribution is 2.28. The lowest BCUT2D eigenvalue weighted by atomic mass is 9.86. The first-order valence-electron chi connectivity index (χ1n) is 9.88. The number of H-pyrrole nitrogens is 1. The fourth-order valence-electron chi connectivity index (χ4n) is 3.83. The van der Waals surface area contributed by atoms with Crippen molar-refractivity contribution in [1.29, 1.82) is 0 Å². The molecule has 0 saturated heterocycles. The number of benzene rings is 1. The zero-order chi connectivity index (χ0) is 21.1. The van der Waals surface area contributed by atoms with Gasteiger partial charge in [0.2, 0.25) is 11.9 Å². The van der Waals surface area contributed by atoms with Crippen molar-refractivity contribution >= 4 is 11.9 Å². The number of nitrogens with one attached hydrogen (secondary N) is 2. The molecule has 1 aromatic carbocycles. The van der Waals surface area contributed by atoms with Gasteiger partial charge >= 0.3 is 0 Å². The Kier molecular flexibility index (Phi) is 5.56. The zero-order valence-corrected chi connectivity index (χ0v) is 16.3. The normalized spacial score (nSPS) is 18.7. The van der Waals surface area contributed by atoms with E-state index >= 15 is 0 Å². The first kappa shape index (κ1) is 19.8. The molecule has 2 heterocycles. The van der Waals surface area contributed by atoms with Crippen LogP contribution in [0.15, 0.2) is 53.6 Å². The van der Waals surface area contributed by atoms with Gasteiger partial charge in [0.25, 0.3) is 5.56 Å². The minimum Gasteiger partial charge on any atom is -0.369 e. The number of hydrogen-bond acceptors (Lipinski definition) is 5. The number of primary amides is 1. The summed E-state index contributed by atoms with van der Waals surface area (Å²) in [4.78, 5) is 34.5. The second-order valence-corrected chi connectivity index (χ2v) is 7.48. The summed E-state index contributed by atoms with van der Waals surface area (Å²) in [6.45, 7) is 0. The van der Waals surface area contributed by atoms with Crippen LogP contribution in [-0.2, 0) is 4.79 Å². The van der Waals surface area contributed by atoms with Crippen LogP contribution in [-0.4, -0.2) is 26.9 Å². The molecule has 0 radical (unpaired) electrons. The first-order chi connectivity index (χ1) is 14.5. The first-order valence-corrected chi connectivity index (χ1v) is 9.88. The predicted molar refractivity (Wildman–Crippen MR) is 112 cm³/mol. The van der Waals surface area contributed by atoms with Crippen molar-refractivity contribution in [2.24, 2.45) is 11.7 Å². The molecule has 0 unspecified atom stereocenters. The molecule has 1 aliphatic rings. The van der Waals surface area contributed by atoms with Gasteiger partial charge in [0.15, 0.2) is 5.82 Å². The topological polar surface area (TPSA) is 114 Å². The Morgan fingerprint density at radius 3 is 2.63 bits per heavy atom. The summed E-state index contributed by atoms with van der Waals surface area (Å²) in [5.74, 6) is -0.559. The van der Waals surface area contributed by atoms with Crippen molar-refractivity contribution < 1.29 is 9.18 Å². The quantitative estimate of drug-likeness (QED) is 0.601. The fraction of sp³-hybridized carbons (Fsp3) is 0.273. The second kappa shape index (κ2) is 8.44. The van der Waals surface area contributed by atoms with Crippen molar-refractivity contribution in [2.45, 2.75) is 31.7 Å². The molecule has 1 aliphatic carbocycles. The van der Waals surface area contributed by atoms with E-state index in [4.69, 9.17) is 5.73 Å². The molecule has 7 nitrogen and oxygen atoms in total. The van der Waals surface area contributed by atoms with E-state index in [0.717, 1.165) is 19.0 Å². The molecule has 8 heteroatoms. The molecule has 0 spiro atoms. The Labute approximate surface area is 172 Å². The Hall–Kier alpha value is -3.55. The standard InChI is InChI=1S/C22H22FN5O2/c23-18-12-26-22(27-16-8-6-13(7-9-16)20(24)29)28-19(18)15-4-1-3-14(11-15)17-5-2-10-25-21(17)30/h1-5,10-13,16H,6-9H2,(H2,24,29)(H,25,30)(H,26,27,28). The largest absolute Gasteiger partial charge is 0.369 e. The van der Waals surface area contributed by atoms with E-state index in [1.54, 1.807) is 42.6 Å². The number of pyridine rings is 1. The molecular weight excluding hydrogens is 385 g/mol. The van der Waals surface area contributed by atoms with Crippen LogP contribution in [0.2, 0.25) is 0 Å². The molecule has 154 valence electrons. The molecule has 4 N–H and O–H groups in total. The van der Waals surface area contributed by atoms with Gasteiger partial charge in [0.05, 0.1) is 6.20 Å². The lowest BCUT2D eigenvalue weighted by Gasteiger charge is -2.27. The van der Waals surface area contributed by atoms with Crippen LogP contribution in [0.3, 0.4) is 0 Å². The summed E-state index contributed by atoms with van der Waals surface area (Å²) < 4.78 is 14.5. The summed E-state index contributed by atoms with van der Waals surface area (Å²) in [7, 11) is 0. The number of aromatic amines is 1. The number of rotatable bonds is 5. The number of amides is 1. The number of aromatic nitrogens is 3. The maximum absolute atomic E-state index is 14.5. The molecule has 3 aromatic rings. The highest BCUT2D eigenvalue weighted by molar-refractivity contribution is 5.76. The van der Waals surface area contributed by atoms with Gasteiger partial charge in [-0.25, -0.2) is 14.4 Å². The molecule has 0 aliphatic heterocycles. The van der Waals surface area contributed by atoms with E-state index in [0.29, 0.717) is 35.5 Å². The second-order valence-electron chi connectivity index (χ2n) is 7.48. The van der Waals surface area contributed by atoms with Gasteiger partial charge in [-0.2, -0.15) is 0 Å². The van der Waals surface area contributed by atoms with Gasteiger partial charge in [0, 0.05) is 29.3 Å². The Morgan fingerprint density at radius 2 is 1.90 bits per heavy atom. The molecule has 0 atom stereocenters. The fourth-order valence-corrected chi connectivity index (χ4v) is 3.83. The average molecular weight is 407 g/mol. The van der Waals surface area contributed by atoms with Crippen LogP contribution in [0, 0.1) is 11.7 Å². The average Bonchev–Trinajstić information content (AvgIpc) is 2.76. The lowest BCUT2D eigenvalue weighted by Crippen LogP contribution is -2.32. The van der Waals surface area contributed by atoms with E-state index in [1.807, 2.05) is 0 Å². The van der Waals surface area contributed by atoms with Crippen molar-refractivity contribution in [2.75, 3.05) is 5.32 Å². The van der Waals surface area contributed by atoms with E-state index in [9.17, 15) is 14.0 Å². The molecule has 30 heavy (non-hydrogen) atoms. The molecule has 1 fully saturated rings. The highest BCUT2D eigenvalue weighted by Gasteiger charge is 2.25. The van der Waals surface area contributed by atoms with Gasteiger partial charge < -0.3 is 16.0 Å². The third-order valence-corrected chi connectivity index (χ3v) is 5.47. The van der Waals surface area contributed by atoms with Crippen molar-refractivity contribution in [3.63, 3.8) is 0 Å². The third-order valence-electron chi connectivity index (χ3n) is 5.47. The SMILES string of the molecule is NC(=O)C1CCC(Nc2ncc(F)c(-c3cccc(-c4ccc[nH]c4=O)c3)n2)CC1. The van der Waals surface area contributed by atoms with Gasteiger partial charge in [-0.05, 0) is 49.4 Å². The number of anilines is 1. The Balaban J connectivity index is 1.57. The van der Waals surface area contributed by atoms with Crippen LogP contribution in [0.1, 0.15) is 25.7 Å². The molecule has 2 aromatic heterocycles. The highest BCUT2D eigenvalue weighted by atomic mass is 19.1. The third kappa shape index (κ3) is 4.22.